The normalized spacial score (nSPS) is 19.2. The van der Waals surface area contributed by atoms with Crippen molar-refractivity contribution in [2.45, 2.75) is 33.1 Å². The highest BCUT2D eigenvalue weighted by Gasteiger charge is 2.37. The standard InChI is InChI=1S/C18H21O3P/c1-3-5-8-14-11-12-15-16-9-6-7-10-18(16)22(19,20-4-2)21-17(15)13-14/h6-7,9-13H,3-5,8H2,1-2H3. The third kappa shape index (κ3) is 2.71. The van der Waals surface area contributed by atoms with E-state index in [4.69, 9.17) is 9.05 Å². The van der Waals surface area contributed by atoms with Crippen molar-refractivity contribution < 1.29 is 13.6 Å². The number of hydrogen-bond donors (Lipinski definition) is 0. The Kier molecular flexibility index (Phi) is 4.37. The summed E-state index contributed by atoms with van der Waals surface area (Å²) in [7, 11) is -3.28. The molecule has 22 heavy (non-hydrogen) atoms. The average Bonchev–Trinajstić information content (AvgIpc) is 2.53. The van der Waals surface area contributed by atoms with Gasteiger partial charge in [-0.15, -0.1) is 0 Å². The lowest BCUT2D eigenvalue weighted by molar-refractivity contribution is 0.288. The second-order valence-electron chi connectivity index (χ2n) is 5.46. The smallest absolute Gasteiger partial charge is 0.411 e. The van der Waals surface area contributed by atoms with Gasteiger partial charge in [-0.2, -0.15) is 0 Å². The van der Waals surface area contributed by atoms with E-state index < -0.39 is 7.60 Å². The van der Waals surface area contributed by atoms with Gasteiger partial charge in [-0.3, -0.25) is 4.52 Å². The SMILES string of the molecule is CCCCc1ccc2c(c1)OP(=O)(OCC)c1ccccc1-2. The first-order valence-electron chi connectivity index (χ1n) is 7.85. The predicted molar refractivity (Wildman–Crippen MR) is 90.0 cm³/mol. The van der Waals surface area contributed by atoms with Crippen molar-refractivity contribution in [1.29, 1.82) is 0 Å². The second-order valence-corrected chi connectivity index (χ2v) is 7.38. The van der Waals surface area contributed by atoms with Gasteiger partial charge in [0.15, 0.2) is 0 Å². The van der Waals surface area contributed by atoms with Crippen molar-refractivity contribution >= 4 is 12.9 Å². The van der Waals surface area contributed by atoms with Gasteiger partial charge in [-0.1, -0.05) is 43.7 Å². The Hall–Kier alpha value is -1.57. The fourth-order valence-electron chi connectivity index (χ4n) is 2.79. The summed E-state index contributed by atoms with van der Waals surface area (Å²) in [5, 5.41) is 0.658. The summed E-state index contributed by atoms with van der Waals surface area (Å²) in [6, 6.07) is 13.8. The molecule has 0 saturated heterocycles. The van der Waals surface area contributed by atoms with Crippen LogP contribution in [0.5, 0.6) is 5.75 Å². The molecule has 4 heteroatoms. The third-order valence-corrected chi connectivity index (χ3v) is 5.89. The summed E-state index contributed by atoms with van der Waals surface area (Å²) >= 11 is 0. The summed E-state index contributed by atoms with van der Waals surface area (Å²) in [6.45, 7) is 4.36. The van der Waals surface area contributed by atoms with Gasteiger partial charge in [0, 0.05) is 11.1 Å². The fraction of sp³-hybridized carbons (Fsp3) is 0.333. The largest absolute Gasteiger partial charge is 0.421 e. The zero-order valence-electron chi connectivity index (χ0n) is 13.0. The fourth-order valence-corrected chi connectivity index (χ4v) is 4.58. The molecule has 1 atom stereocenters. The molecule has 0 spiro atoms. The van der Waals surface area contributed by atoms with E-state index in [-0.39, 0.29) is 0 Å². The molecule has 1 aliphatic heterocycles. The van der Waals surface area contributed by atoms with E-state index in [1.807, 2.05) is 37.3 Å². The number of benzene rings is 2. The summed E-state index contributed by atoms with van der Waals surface area (Å²) in [4.78, 5) is 0. The summed E-state index contributed by atoms with van der Waals surface area (Å²) in [6.07, 6.45) is 3.30. The highest BCUT2D eigenvalue weighted by molar-refractivity contribution is 7.63. The lowest BCUT2D eigenvalue weighted by Gasteiger charge is -2.28. The molecule has 2 aromatic carbocycles. The highest BCUT2D eigenvalue weighted by atomic mass is 31.2. The van der Waals surface area contributed by atoms with Crippen LogP contribution in [0.1, 0.15) is 32.3 Å². The van der Waals surface area contributed by atoms with Gasteiger partial charge in [0.2, 0.25) is 0 Å². The molecule has 1 aliphatic rings. The monoisotopic (exact) mass is 316 g/mol. The Balaban J connectivity index is 2.08. The van der Waals surface area contributed by atoms with E-state index in [0.717, 1.165) is 30.4 Å². The van der Waals surface area contributed by atoms with Gasteiger partial charge in [0.1, 0.15) is 5.75 Å². The first kappa shape index (κ1) is 15.3. The first-order chi connectivity index (χ1) is 10.7. The van der Waals surface area contributed by atoms with Crippen LogP contribution in [0.25, 0.3) is 11.1 Å². The van der Waals surface area contributed by atoms with Crippen LogP contribution in [-0.4, -0.2) is 6.61 Å². The van der Waals surface area contributed by atoms with Gasteiger partial charge in [-0.05, 0) is 37.5 Å². The number of rotatable bonds is 5. The topological polar surface area (TPSA) is 35.5 Å². The van der Waals surface area contributed by atoms with Crippen molar-refractivity contribution in [3.8, 4) is 16.9 Å². The molecule has 1 unspecified atom stereocenters. The molecule has 0 aromatic heterocycles. The molecule has 0 N–H and O–H groups in total. The molecule has 0 saturated carbocycles. The van der Waals surface area contributed by atoms with Crippen LogP contribution in [0.3, 0.4) is 0 Å². The molecule has 0 bridgehead atoms. The van der Waals surface area contributed by atoms with Crippen molar-refractivity contribution in [2.75, 3.05) is 6.61 Å². The van der Waals surface area contributed by atoms with Gasteiger partial charge < -0.3 is 4.52 Å². The average molecular weight is 316 g/mol. The highest BCUT2D eigenvalue weighted by Crippen LogP contribution is 2.55. The van der Waals surface area contributed by atoms with Crippen LogP contribution >= 0.6 is 7.60 Å². The minimum Gasteiger partial charge on any atom is -0.421 e. The molecule has 116 valence electrons. The molecule has 1 heterocycles. The molecule has 2 aromatic rings. The Morgan fingerprint density at radius 3 is 2.68 bits per heavy atom. The van der Waals surface area contributed by atoms with Crippen LogP contribution in [0.15, 0.2) is 42.5 Å². The number of aryl methyl sites for hydroxylation is 1. The molecule has 3 rings (SSSR count). The van der Waals surface area contributed by atoms with Crippen molar-refractivity contribution in [3.05, 3.63) is 48.0 Å². The molecule has 0 radical (unpaired) electrons. The Morgan fingerprint density at radius 1 is 1.09 bits per heavy atom. The molecule has 0 amide bonds. The van der Waals surface area contributed by atoms with Gasteiger partial charge in [0.25, 0.3) is 0 Å². The van der Waals surface area contributed by atoms with Crippen LogP contribution in [0, 0.1) is 0 Å². The second kappa shape index (κ2) is 6.28. The third-order valence-electron chi connectivity index (χ3n) is 3.87. The van der Waals surface area contributed by atoms with Crippen molar-refractivity contribution in [1.82, 2.24) is 0 Å². The van der Waals surface area contributed by atoms with Crippen LogP contribution < -0.4 is 9.83 Å². The molecular weight excluding hydrogens is 295 g/mol. The quantitative estimate of drug-likeness (QED) is 0.733. The Bertz CT molecular complexity index is 724. The number of unbranched alkanes of at least 4 members (excludes halogenated alkanes) is 1. The van der Waals surface area contributed by atoms with Crippen molar-refractivity contribution in [3.63, 3.8) is 0 Å². The lowest BCUT2D eigenvalue weighted by Crippen LogP contribution is -2.19. The predicted octanol–water partition coefficient (Wildman–Crippen LogP) is 4.94. The zero-order chi connectivity index (χ0) is 15.6. The molecule has 0 aliphatic carbocycles. The first-order valence-corrected chi connectivity index (χ1v) is 9.39. The summed E-state index contributed by atoms with van der Waals surface area (Å²) in [5.41, 5.74) is 3.15. The van der Waals surface area contributed by atoms with Crippen molar-refractivity contribution in [2.24, 2.45) is 0 Å². The van der Waals surface area contributed by atoms with E-state index in [9.17, 15) is 4.57 Å². The maximum Gasteiger partial charge on any atom is 0.411 e. The number of fused-ring (bicyclic) bond motifs is 3. The van der Waals surface area contributed by atoms with E-state index >= 15 is 0 Å². The number of hydrogen-bond acceptors (Lipinski definition) is 3. The van der Waals surface area contributed by atoms with Gasteiger partial charge in [0.05, 0.1) is 11.9 Å². The van der Waals surface area contributed by atoms with E-state index in [1.54, 1.807) is 0 Å². The Labute approximate surface area is 131 Å². The maximum atomic E-state index is 13.1. The summed E-state index contributed by atoms with van der Waals surface area (Å²) < 4.78 is 24.4. The molecule has 0 fully saturated rings. The minimum atomic E-state index is -3.28. The maximum absolute atomic E-state index is 13.1. The molecular formula is C18H21O3P. The lowest BCUT2D eigenvalue weighted by atomic mass is 10.0. The van der Waals surface area contributed by atoms with Gasteiger partial charge >= 0.3 is 7.60 Å². The Morgan fingerprint density at radius 2 is 1.91 bits per heavy atom. The minimum absolute atomic E-state index is 0.358. The zero-order valence-corrected chi connectivity index (χ0v) is 13.9. The van der Waals surface area contributed by atoms with E-state index in [1.165, 1.54) is 5.56 Å². The van der Waals surface area contributed by atoms with E-state index in [0.29, 0.717) is 17.7 Å². The van der Waals surface area contributed by atoms with Crippen LogP contribution in [-0.2, 0) is 15.5 Å². The summed E-state index contributed by atoms with van der Waals surface area (Å²) in [5.74, 6) is 0.670. The van der Waals surface area contributed by atoms with Crippen LogP contribution in [0.4, 0.5) is 0 Å². The van der Waals surface area contributed by atoms with E-state index in [2.05, 4.69) is 19.1 Å². The van der Waals surface area contributed by atoms with Gasteiger partial charge in [-0.25, -0.2) is 4.57 Å². The molecule has 3 nitrogen and oxygen atoms in total. The van der Waals surface area contributed by atoms with Crippen LogP contribution in [0.2, 0.25) is 0 Å².